The average molecular weight is 575 g/mol. The number of rotatable bonds is 8. The van der Waals surface area contributed by atoms with Gasteiger partial charge in [-0.05, 0) is 25.0 Å². The predicted octanol–water partition coefficient (Wildman–Crippen LogP) is 2.84. The van der Waals surface area contributed by atoms with Gasteiger partial charge in [0.1, 0.15) is 11.1 Å². The minimum absolute atomic E-state index is 0.183. The van der Waals surface area contributed by atoms with Crippen molar-refractivity contribution >= 4 is 39.6 Å². The molecule has 2 aromatic heterocycles. The molecule has 3 heterocycles. The fraction of sp³-hybridized carbons (Fsp3) is 0.355. The number of carbonyl (C=O) groups is 3. The van der Waals surface area contributed by atoms with Crippen LogP contribution in [-0.2, 0) is 27.9 Å². The standard InChI is InChI=1S/C31H34N4O7/c1-19(36)42-18-25(37)34-15-13-21(14-16-34)32-30(38)28-29(41-4)26-27(33(28)2)22-10-6-7-11-23(22)35(31(26)39)17-20-9-5-8-12-24(20)40-3/h5-12,21H,13-18H2,1-4H3,(H,32,38). The number of para-hydroxylation sites is 2. The van der Waals surface area contributed by atoms with E-state index in [4.69, 9.17) is 14.2 Å². The maximum Gasteiger partial charge on any atom is 0.303 e. The van der Waals surface area contributed by atoms with Crippen LogP contribution < -0.4 is 20.3 Å². The largest absolute Gasteiger partial charge is 0.496 e. The van der Waals surface area contributed by atoms with Crippen molar-refractivity contribution in [3.8, 4) is 11.5 Å². The zero-order valence-corrected chi connectivity index (χ0v) is 24.1. The summed E-state index contributed by atoms with van der Waals surface area (Å²) in [6, 6.07) is 15.0. The summed E-state index contributed by atoms with van der Waals surface area (Å²) >= 11 is 0. The lowest BCUT2D eigenvalue weighted by atomic mass is 10.0. The molecule has 0 radical (unpaired) electrons. The second-order valence-electron chi connectivity index (χ2n) is 10.3. The van der Waals surface area contributed by atoms with Crippen LogP contribution in [0.1, 0.15) is 35.8 Å². The van der Waals surface area contributed by atoms with Crippen molar-refractivity contribution in [2.24, 2.45) is 7.05 Å². The maximum atomic E-state index is 14.1. The zero-order chi connectivity index (χ0) is 30.0. The van der Waals surface area contributed by atoms with Gasteiger partial charge < -0.3 is 33.6 Å². The third-order valence-corrected chi connectivity index (χ3v) is 7.78. The Labute approximate surface area is 242 Å². The number of esters is 1. The molecule has 220 valence electrons. The summed E-state index contributed by atoms with van der Waals surface area (Å²) in [6.45, 7) is 2.09. The maximum absolute atomic E-state index is 14.1. The van der Waals surface area contributed by atoms with Crippen molar-refractivity contribution < 1.29 is 28.6 Å². The van der Waals surface area contributed by atoms with Crippen LogP contribution in [0.5, 0.6) is 11.5 Å². The molecule has 11 heteroatoms. The second kappa shape index (κ2) is 12.0. The number of aryl methyl sites for hydroxylation is 1. The first-order valence-corrected chi connectivity index (χ1v) is 13.8. The number of pyridine rings is 1. The topological polar surface area (TPSA) is 121 Å². The monoisotopic (exact) mass is 574 g/mol. The highest BCUT2D eigenvalue weighted by Crippen LogP contribution is 2.35. The van der Waals surface area contributed by atoms with E-state index >= 15 is 0 Å². The Kier molecular flexibility index (Phi) is 8.19. The summed E-state index contributed by atoms with van der Waals surface area (Å²) in [6.07, 6.45) is 1.08. The van der Waals surface area contributed by atoms with Crippen molar-refractivity contribution in [1.29, 1.82) is 0 Å². The average Bonchev–Trinajstić information content (AvgIpc) is 3.30. The van der Waals surface area contributed by atoms with E-state index in [1.54, 1.807) is 28.2 Å². The van der Waals surface area contributed by atoms with E-state index in [-0.39, 0.29) is 48.0 Å². The SMILES string of the molecule is COc1ccccc1Cn1c(=O)c2c(OC)c(C(=O)NC3CCN(C(=O)COC(C)=O)CC3)n(C)c2c2ccccc21. The molecule has 0 unspecified atom stereocenters. The molecule has 1 fully saturated rings. The molecule has 1 aliphatic rings. The fourth-order valence-corrected chi connectivity index (χ4v) is 5.72. The lowest BCUT2D eigenvalue weighted by Crippen LogP contribution is -2.47. The number of benzene rings is 2. The highest BCUT2D eigenvalue weighted by atomic mass is 16.5. The first-order chi connectivity index (χ1) is 20.2. The molecule has 1 saturated heterocycles. The molecule has 1 aliphatic heterocycles. The molecule has 11 nitrogen and oxygen atoms in total. The number of ether oxygens (including phenoxy) is 3. The van der Waals surface area contributed by atoms with Crippen LogP contribution >= 0.6 is 0 Å². The number of nitrogens with zero attached hydrogens (tertiary/aromatic N) is 3. The van der Waals surface area contributed by atoms with Gasteiger partial charge in [0, 0.05) is 44.1 Å². The van der Waals surface area contributed by atoms with Gasteiger partial charge in [-0.15, -0.1) is 0 Å². The van der Waals surface area contributed by atoms with Crippen LogP contribution in [0.3, 0.4) is 0 Å². The van der Waals surface area contributed by atoms with Crippen LogP contribution in [0.25, 0.3) is 21.8 Å². The lowest BCUT2D eigenvalue weighted by Gasteiger charge is -2.32. The Morgan fingerprint density at radius 1 is 0.976 bits per heavy atom. The molecule has 0 spiro atoms. The summed E-state index contributed by atoms with van der Waals surface area (Å²) < 4.78 is 19.5. The quantitative estimate of drug-likeness (QED) is 0.321. The molecule has 2 aromatic carbocycles. The van der Waals surface area contributed by atoms with Gasteiger partial charge >= 0.3 is 5.97 Å². The summed E-state index contributed by atoms with van der Waals surface area (Å²) in [4.78, 5) is 52.8. The summed E-state index contributed by atoms with van der Waals surface area (Å²) in [7, 11) is 4.81. The first-order valence-electron chi connectivity index (χ1n) is 13.8. The Balaban J connectivity index is 1.49. The third-order valence-electron chi connectivity index (χ3n) is 7.78. The van der Waals surface area contributed by atoms with Gasteiger partial charge in [0.05, 0.1) is 31.8 Å². The van der Waals surface area contributed by atoms with Crippen LogP contribution in [-0.4, -0.2) is 71.8 Å². The van der Waals surface area contributed by atoms with Gasteiger partial charge in [0.25, 0.3) is 17.4 Å². The van der Waals surface area contributed by atoms with E-state index in [0.717, 1.165) is 16.5 Å². The number of likely N-dealkylation sites (tertiary alicyclic amines) is 1. The highest BCUT2D eigenvalue weighted by Gasteiger charge is 2.30. The van der Waals surface area contributed by atoms with Crippen molar-refractivity contribution in [3.63, 3.8) is 0 Å². The van der Waals surface area contributed by atoms with E-state index in [1.165, 1.54) is 14.0 Å². The molecule has 0 bridgehead atoms. The van der Waals surface area contributed by atoms with E-state index in [2.05, 4.69) is 5.32 Å². The summed E-state index contributed by atoms with van der Waals surface area (Å²) in [5.41, 5.74) is 2.15. The number of piperidine rings is 1. The fourth-order valence-electron chi connectivity index (χ4n) is 5.72. The highest BCUT2D eigenvalue weighted by molar-refractivity contribution is 6.12. The molecule has 0 saturated carbocycles. The van der Waals surface area contributed by atoms with Gasteiger partial charge in [0.15, 0.2) is 18.1 Å². The number of methoxy groups -OCH3 is 2. The van der Waals surface area contributed by atoms with Gasteiger partial charge in [-0.2, -0.15) is 0 Å². The Hall–Kier alpha value is -4.80. The number of hydrogen-bond acceptors (Lipinski definition) is 7. The third kappa shape index (κ3) is 5.29. The minimum Gasteiger partial charge on any atom is -0.496 e. The number of aromatic nitrogens is 2. The van der Waals surface area contributed by atoms with Gasteiger partial charge in [-0.1, -0.05) is 36.4 Å². The van der Waals surface area contributed by atoms with Crippen molar-refractivity contribution in [3.05, 3.63) is 70.1 Å². The molecule has 0 aliphatic carbocycles. The van der Waals surface area contributed by atoms with Gasteiger partial charge in [0.2, 0.25) is 0 Å². The van der Waals surface area contributed by atoms with Crippen LogP contribution in [0.2, 0.25) is 0 Å². The summed E-state index contributed by atoms with van der Waals surface area (Å²) in [5, 5.41) is 4.20. The second-order valence-corrected chi connectivity index (χ2v) is 10.3. The minimum atomic E-state index is -0.506. The normalized spacial score (nSPS) is 13.8. The van der Waals surface area contributed by atoms with Crippen molar-refractivity contribution in [2.75, 3.05) is 33.9 Å². The first kappa shape index (κ1) is 28.7. The zero-order valence-electron chi connectivity index (χ0n) is 24.1. The number of fused-ring (bicyclic) bond motifs is 3. The number of hydrogen-bond donors (Lipinski definition) is 1. The Morgan fingerprint density at radius 2 is 1.67 bits per heavy atom. The van der Waals surface area contributed by atoms with Crippen LogP contribution in [0.15, 0.2) is 53.3 Å². The molecule has 42 heavy (non-hydrogen) atoms. The predicted molar refractivity (Wildman–Crippen MR) is 157 cm³/mol. The Morgan fingerprint density at radius 3 is 2.36 bits per heavy atom. The van der Waals surface area contributed by atoms with Crippen molar-refractivity contribution in [1.82, 2.24) is 19.4 Å². The van der Waals surface area contributed by atoms with Gasteiger partial charge in [-0.25, -0.2) is 0 Å². The summed E-state index contributed by atoms with van der Waals surface area (Å²) in [5.74, 6) is -0.248. The van der Waals surface area contributed by atoms with Crippen molar-refractivity contribution in [2.45, 2.75) is 32.4 Å². The molecule has 4 aromatic rings. The molecule has 2 amide bonds. The molecular formula is C31H34N4O7. The van der Waals surface area contributed by atoms with Gasteiger partial charge in [-0.3, -0.25) is 19.2 Å². The molecule has 1 N–H and O–H groups in total. The Bertz CT molecular complexity index is 1730. The lowest BCUT2D eigenvalue weighted by molar-refractivity contribution is -0.150. The molecule has 5 rings (SSSR count). The van der Waals surface area contributed by atoms with E-state index in [0.29, 0.717) is 42.6 Å². The van der Waals surface area contributed by atoms with Crippen LogP contribution in [0.4, 0.5) is 0 Å². The number of carbonyl (C=O) groups excluding carboxylic acids is 3. The number of amides is 2. The van der Waals surface area contributed by atoms with E-state index < -0.39 is 5.97 Å². The van der Waals surface area contributed by atoms with E-state index in [1.807, 2.05) is 48.5 Å². The van der Waals surface area contributed by atoms with Crippen LogP contribution in [0, 0.1) is 0 Å². The smallest absolute Gasteiger partial charge is 0.303 e. The number of nitrogens with one attached hydrogen (secondary N) is 1. The van der Waals surface area contributed by atoms with E-state index in [9.17, 15) is 19.2 Å². The molecule has 0 atom stereocenters. The molecular weight excluding hydrogens is 540 g/mol.